The highest BCUT2D eigenvalue weighted by Crippen LogP contribution is 2.23. The number of rotatable bonds is 6. The Morgan fingerprint density at radius 2 is 2.33 bits per heavy atom. The number of nitrogens with zero attached hydrogens (tertiary/aromatic N) is 3. The molecular weight excluding hydrogens is 232 g/mol. The molecule has 2 heterocycles. The highest BCUT2D eigenvalue weighted by molar-refractivity contribution is 5.28. The number of hydrogen-bond donors (Lipinski definition) is 2. The molecule has 1 fully saturated rings. The van der Waals surface area contributed by atoms with Gasteiger partial charge in [-0.2, -0.15) is 0 Å². The summed E-state index contributed by atoms with van der Waals surface area (Å²) in [7, 11) is 0. The van der Waals surface area contributed by atoms with Crippen molar-refractivity contribution < 1.29 is 9.52 Å². The van der Waals surface area contributed by atoms with E-state index < -0.39 is 0 Å². The minimum atomic E-state index is 0.127. The molecule has 1 aliphatic rings. The van der Waals surface area contributed by atoms with E-state index >= 15 is 0 Å². The van der Waals surface area contributed by atoms with E-state index in [9.17, 15) is 5.11 Å². The second-order valence-corrected chi connectivity index (χ2v) is 5.18. The fraction of sp³-hybridized carbons (Fsp3) is 0.833. The lowest BCUT2D eigenvalue weighted by molar-refractivity contribution is 0.262. The van der Waals surface area contributed by atoms with E-state index in [1.807, 2.05) is 4.90 Å². The molecule has 0 bridgehead atoms. The molecule has 6 heteroatoms. The van der Waals surface area contributed by atoms with E-state index in [-0.39, 0.29) is 12.6 Å². The van der Waals surface area contributed by atoms with Crippen molar-refractivity contribution in [3.8, 4) is 0 Å². The molecule has 2 rings (SSSR count). The van der Waals surface area contributed by atoms with Crippen molar-refractivity contribution in [3.05, 3.63) is 5.89 Å². The zero-order valence-electron chi connectivity index (χ0n) is 11.1. The number of anilines is 1. The van der Waals surface area contributed by atoms with Crippen molar-refractivity contribution in [1.29, 1.82) is 0 Å². The van der Waals surface area contributed by atoms with Crippen LogP contribution in [0.25, 0.3) is 0 Å². The van der Waals surface area contributed by atoms with Crippen LogP contribution in [0, 0.1) is 5.92 Å². The van der Waals surface area contributed by atoms with Gasteiger partial charge in [-0.05, 0) is 25.3 Å². The Morgan fingerprint density at radius 1 is 1.50 bits per heavy atom. The molecule has 1 unspecified atom stereocenters. The number of aliphatic hydroxyl groups is 1. The lowest BCUT2D eigenvalue weighted by atomic mass is 10.2. The summed E-state index contributed by atoms with van der Waals surface area (Å²) < 4.78 is 5.61. The summed E-state index contributed by atoms with van der Waals surface area (Å²) in [5, 5.41) is 20.6. The second kappa shape index (κ2) is 6.15. The van der Waals surface area contributed by atoms with Gasteiger partial charge < -0.3 is 19.7 Å². The monoisotopic (exact) mass is 254 g/mol. The van der Waals surface area contributed by atoms with Gasteiger partial charge >= 0.3 is 6.01 Å². The lowest BCUT2D eigenvalue weighted by Crippen LogP contribution is -2.32. The standard InChI is InChI=1S/C12H22N4O2/c1-9(2)6-13-7-11-14-15-12(18-11)16-5-3-4-10(16)8-17/h9-10,13,17H,3-8H2,1-2H3. The van der Waals surface area contributed by atoms with Gasteiger partial charge in [-0.25, -0.2) is 0 Å². The van der Waals surface area contributed by atoms with E-state index in [2.05, 4.69) is 29.4 Å². The third kappa shape index (κ3) is 3.20. The summed E-state index contributed by atoms with van der Waals surface area (Å²) in [4.78, 5) is 2.00. The second-order valence-electron chi connectivity index (χ2n) is 5.18. The Bertz CT molecular complexity index is 367. The van der Waals surface area contributed by atoms with Crippen molar-refractivity contribution >= 4 is 6.01 Å². The molecule has 1 aliphatic heterocycles. The molecule has 6 nitrogen and oxygen atoms in total. The first-order valence-corrected chi connectivity index (χ1v) is 6.61. The summed E-state index contributed by atoms with van der Waals surface area (Å²) in [5.74, 6) is 1.21. The predicted octanol–water partition coefficient (Wildman–Crippen LogP) is 0.776. The van der Waals surface area contributed by atoms with Gasteiger partial charge in [0, 0.05) is 6.54 Å². The van der Waals surface area contributed by atoms with E-state index in [0.29, 0.717) is 24.4 Å². The van der Waals surface area contributed by atoms with Gasteiger partial charge in [0.25, 0.3) is 0 Å². The van der Waals surface area contributed by atoms with Crippen LogP contribution < -0.4 is 10.2 Å². The first kappa shape index (κ1) is 13.3. The fourth-order valence-corrected chi connectivity index (χ4v) is 2.18. The average Bonchev–Trinajstić information content (AvgIpc) is 2.95. The third-order valence-electron chi connectivity index (χ3n) is 3.12. The van der Waals surface area contributed by atoms with Crippen LogP contribution in [-0.4, -0.2) is 41.0 Å². The van der Waals surface area contributed by atoms with Crippen molar-refractivity contribution in [2.75, 3.05) is 24.6 Å². The van der Waals surface area contributed by atoms with Gasteiger partial charge in [0.15, 0.2) is 0 Å². The summed E-state index contributed by atoms with van der Waals surface area (Å²) >= 11 is 0. The highest BCUT2D eigenvalue weighted by atomic mass is 16.4. The topological polar surface area (TPSA) is 74.4 Å². The summed E-state index contributed by atoms with van der Waals surface area (Å²) in [6.07, 6.45) is 2.05. The van der Waals surface area contributed by atoms with Crippen molar-refractivity contribution in [2.45, 2.75) is 39.3 Å². The van der Waals surface area contributed by atoms with Crippen LogP contribution in [0.15, 0.2) is 4.42 Å². The van der Waals surface area contributed by atoms with Crippen molar-refractivity contribution in [3.63, 3.8) is 0 Å². The first-order valence-electron chi connectivity index (χ1n) is 6.61. The van der Waals surface area contributed by atoms with Crippen LogP contribution in [0.2, 0.25) is 0 Å². The molecule has 1 atom stereocenters. The molecule has 0 aromatic carbocycles. The number of hydrogen-bond acceptors (Lipinski definition) is 6. The maximum Gasteiger partial charge on any atom is 0.318 e. The van der Waals surface area contributed by atoms with Gasteiger partial charge in [0.1, 0.15) is 0 Å². The normalized spacial score (nSPS) is 20.0. The van der Waals surface area contributed by atoms with Crippen LogP contribution in [0.3, 0.4) is 0 Å². The van der Waals surface area contributed by atoms with Crippen LogP contribution >= 0.6 is 0 Å². The fourth-order valence-electron chi connectivity index (χ4n) is 2.18. The first-order chi connectivity index (χ1) is 8.70. The van der Waals surface area contributed by atoms with Crippen LogP contribution in [0.5, 0.6) is 0 Å². The maximum absolute atomic E-state index is 9.26. The molecule has 1 saturated heterocycles. The van der Waals surface area contributed by atoms with Crippen molar-refractivity contribution in [1.82, 2.24) is 15.5 Å². The zero-order chi connectivity index (χ0) is 13.0. The van der Waals surface area contributed by atoms with E-state index in [1.165, 1.54) is 0 Å². The predicted molar refractivity (Wildman–Crippen MR) is 68.3 cm³/mol. The molecule has 0 amide bonds. The highest BCUT2D eigenvalue weighted by Gasteiger charge is 2.27. The summed E-state index contributed by atoms with van der Waals surface area (Å²) in [6.45, 7) is 6.86. The summed E-state index contributed by atoms with van der Waals surface area (Å²) in [5.41, 5.74) is 0. The maximum atomic E-state index is 9.26. The van der Waals surface area contributed by atoms with Crippen LogP contribution in [-0.2, 0) is 6.54 Å². The number of aliphatic hydroxyl groups excluding tert-OH is 1. The minimum Gasteiger partial charge on any atom is -0.407 e. The van der Waals surface area contributed by atoms with Crippen molar-refractivity contribution in [2.24, 2.45) is 5.92 Å². The molecule has 18 heavy (non-hydrogen) atoms. The average molecular weight is 254 g/mol. The number of aromatic nitrogens is 2. The molecule has 0 aliphatic carbocycles. The third-order valence-corrected chi connectivity index (χ3v) is 3.12. The van der Waals surface area contributed by atoms with Crippen LogP contribution in [0.4, 0.5) is 6.01 Å². The zero-order valence-corrected chi connectivity index (χ0v) is 11.1. The number of nitrogens with one attached hydrogen (secondary N) is 1. The van der Waals surface area contributed by atoms with E-state index in [4.69, 9.17) is 4.42 Å². The molecule has 2 N–H and O–H groups in total. The molecular formula is C12H22N4O2. The quantitative estimate of drug-likeness (QED) is 0.781. The van der Waals surface area contributed by atoms with Gasteiger partial charge in [-0.1, -0.05) is 18.9 Å². The lowest BCUT2D eigenvalue weighted by Gasteiger charge is -2.19. The largest absolute Gasteiger partial charge is 0.407 e. The smallest absolute Gasteiger partial charge is 0.318 e. The Balaban J connectivity index is 1.89. The van der Waals surface area contributed by atoms with Gasteiger partial charge in [0.2, 0.25) is 5.89 Å². The molecule has 0 saturated carbocycles. The van der Waals surface area contributed by atoms with Gasteiger partial charge in [-0.3, -0.25) is 0 Å². The summed E-state index contributed by atoms with van der Waals surface area (Å²) in [6, 6.07) is 0.662. The van der Waals surface area contributed by atoms with E-state index in [0.717, 1.165) is 25.9 Å². The molecule has 0 spiro atoms. The SMILES string of the molecule is CC(C)CNCc1nnc(N2CCCC2CO)o1. The van der Waals surface area contributed by atoms with Crippen LogP contribution in [0.1, 0.15) is 32.6 Å². The van der Waals surface area contributed by atoms with Gasteiger partial charge in [-0.15, -0.1) is 5.10 Å². The molecule has 1 aromatic heterocycles. The molecule has 1 aromatic rings. The molecule has 0 radical (unpaired) electrons. The Morgan fingerprint density at radius 3 is 3.06 bits per heavy atom. The minimum absolute atomic E-state index is 0.127. The Labute approximate surface area is 107 Å². The van der Waals surface area contributed by atoms with E-state index in [1.54, 1.807) is 0 Å². The Kier molecular flexibility index (Phi) is 4.54. The Hall–Kier alpha value is -1.14. The van der Waals surface area contributed by atoms with Gasteiger partial charge in [0.05, 0.1) is 19.2 Å². The molecule has 102 valence electrons.